The summed E-state index contributed by atoms with van der Waals surface area (Å²) in [5, 5.41) is 27.3. The molecule has 0 fully saturated rings. The van der Waals surface area contributed by atoms with Gasteiger partial charge in [0.2, 0.25) is 11.8 Å². The normalized spacial score (nSPS) is 11.9. The van der Waals surface area contributed by atoms with E-state index < -0.39 is 48.2 Å². The van der Waals surface area contributed by atoms with E-state index in [1.165, 1.54) is 141 Å². The Morgan fingerprint density at radius 2 is 0.729 bits per heavy atom. The van der Waals surface area contributed by atoms with Crippen LogP contribution in [0.2, 0.25) is 0 Å². The van der Waals surface area contributed by atoms with E-state index in [2.05, 4.69) is 13.8 Å². The number of hydrogen-bond acceptors (Lipinski definition) is 7. The van der Waals surface area contributed by atoms with Crippen LogP contribution in [0.4, 0.5) is 0 Å². The van der Waals surface area contributed by atoms with Gasteiger partial charge in [0.25, 0.3) is 0 Å². The maximum absolute atomic E-state index is 13.2. The number of amides is 2. The fourth-order valence-corrected chi connectivity index (χ4v) is 7.28. The summed E-state index contributed by atoms with van der Waals surface area (Å²) >= 11 is 0. The predicted molar refractivity (Wildman–Crippen MR) is 245 cm³/mol. The van der Waals surface area contributed by atoms with Gasteiger partial charge in [-0.05, 0) is 38.6 Å². The fourth-order valence-electron chi connectivity index (χ4n) is 7.28. The number of aliphatic carboxylic acids is 3. The molecule has 59 heavy (non-hydrogen) atoms. The first-order valence-electron chi connectivity index (χ1n) is 24.0. The Labute approximate surface area is 383 Å². The van der Waals surface area contributed by atoms with Gasteiger partial charge in [-0.15, -0.1) is 0 Å². The number of carboxylic acid groups (broad SMARTS) is 3. The van der Waals surface area contributed by atoms with Crippen LogP contribution in [-0.2, 0) is 24.0 Å². The Hall–Kier alpha value is -1.53. The van der Waals surface area contributed by atoms with Gasteiger partial charge in [0.15, 0.2) is 0 Å². The van der Waals surface area contributed by atoms with E-state index in [0.29, 0.717) is 25.8 Å². The monoisotopic (exact) mass is 850 g/mol. The third-order valence-electron chi connectivity index (χ3n) is 11.0. The Morgan fingerprint density at radius 1 is 0.424 bits per heavy atom. The molecule has 0 aromatic rings. The van der Waals surface area contributed by atoms with Crippen LogP contribution >= 0.6 is 0 Å². The summed E-state index contributed by atoms with van der Waals surface area (Å²) in [7, 11) is 0. The summed E-state index contributed by atoms with van der Waals surface area (Å²) in [5.41, 5.74) is 10.4. The van der Waals surface area contributed by atoms with Gasteiger partial charge in [0, 0.05) is 19.3 Å². The third-order valence-corrected chi connectivity index (χ3v) is 11.0. The summed E-state index contributed by atoms with van der Waals surface area (Å²) in [5.74, 6) is -4.34. The molecule has 344 valence electrons. The molecule has 0 saturated heterocycles. The summed E-state index contributed by atoms with van der Waals surface area (Å²) < 4.78 is 0. The first kappa shape index (κ1) is 61.8. The number of rotatable bonds is 42. The summed E-state index contributed by atoms with van der Waals surface area (Å²) in [6.45, 7) is 5.11. The molecule has 0 saturated carbocycles. The molecule has 0 aromatic carbocycles. The first-order valence-corrected chi connectivity index (χ1v) is 24.0. The van der Waals surface area contributed by atoms with E-state index in [9.17, 15) is 29.1 Å². The molecule has 0 unspecified atom stereocenters. The number of carbonyl (C=O) groups is 5. The minimum absolute atomic E-state index is 0. The van der Waals surface area contributed by atoms with Crippen molar-refractivity contribution in [2.45, 2.75) is 264 Å². The van der Waals surface area contributed by atoms with Gasteiger partial charge in [-0.1, -0.05) is 200 Å². The van der Waals surface area contributed by atoms with E-state index in [4.69, 9.17) is 21.7 Å². The van der Waals surface area contributed by atoms with Crippen LogP contribution in [0.1, 0.15) is 251 Å². The van der Waals surface area contributed by atoms with Gasteiger partial charge < -0.3 is 26.8 Å². The maximum atomic E-state index is 13.2. The fraction of sp³-hybridized carbons (Fsp3) is 0.894. The molecular formula is C47H92N3NaO8. The van der Waals surface area contributed by atoms with Gasteiger partial charge in [0.05, 0.1) is 0 Å². The molecule has 0 spiro atoms. The molecule has 0 radical (unpaired) electrons. The number of nitrogens with zero attached hydrogens (tertiary/aromatic N) is 1. The molecule has 0 aliphatic heterocycles. The molecule has 0 rings (SSSR count). The van der Waals surface area contributed by atoms with Crippen molar-refractivity contribution in [3.63, 3.8) is 0 Å². The molecule has 0 aliphatic carbocycles. The summed E-state index contributed by atoms with van der Waals surface area (Å²) in [6, 6.07) is -2.14. The molecule has 0 aliphatic rings. The zero-order valence-electron chi connectivity index (χ0n) is 37.5. The van der Waals surface area contributed by atoms with Crippen molar-refractivity contribution in [1.29, 1.82) is 0 Å². The van der Waals surface area contributed by atoms with Crippen molar-refractivity contribution in [3.8, 4) is 0 Å². The second-order valence-corrected chi connectivity index (χ2v) is 16.6. The topological polar surface area (TPSA) is 201 Å². The van der Waals surface area contributed by atoms with Crippen molar-refractivity contribution < 1.29 is 39.3 Å². The van der Waals surface area contributed by atoms with Gasteiger partial charge in [-0.3, -0.25) is 24.1 Å². The van der Waals surface area contributed by atoms with Crippen LogP contribution in [0, 0.1) is 0 Å². The van der Waals surface area contributed by atoms with E-state index in [-0.39, 0.29) is 48.8 Å². The van der Waals surface area contributed by atoms with Crippen molar-refractivity contribution in [1.82, 2.24) is 4.90 Å². The molecule has 0 aromatic heterocycles. The quantitative estimate of drug-likeness (QED) is 0.0291. The van der Waals surface area contributed by atoms with E-state index in [1.54, 1.807) is 0 Å². The van der Waals surface area contributed by atoms with Gasteiger partial charge in [-0.25, -0.2) is 4.79 Å². The van der Waals surface area contributed by atoms with Gasteiger partial charge in [0.1, 0.15) is 12.1 Å². The first-order chi connectivity index (χ1) is 28.0. The molecule has 0 bridgehead atoms. The Morgan fingerprint density at radius 3 is 0.983 bits per heavy atom. The van der Waals surface area contributed by atoms with Gasteiger partial charge >= 0.3 is 47.5 Å². The average Bonchev–Trinajstić information content (AvgIpc) is 3.19. The Kier molecular flexibility index (Phi) is 49.7. The molecular weight excluding hydrogens is 758 g/mol. The zero-order valence-corrected chi connectivity index (χ0v) is 37.5. The van der Waals surface area contributed by atoms with E-state index in [1.807, 2.05) is 0 Å². The predicted octanol–water partition coefficient (Wildman–Crippen LogP) is 11.1. The molecule has 7 N–H and O–H groups in total. The number of hydrogen-bond donors (Lipinski definition) is 5. The van der Waals surface area contributed by atoms with E-state index >= 15 is 0 Å². The van der Waals surface area contributed by atoms with Crippen LogP contribution in [0.5, 0.6) is 0 Å². The number of carbonyl (C=O) groups excluding carboxylic acids is 2. The zero-order chi connectivity index (χ0) is 43.5. The number of imide groups is 1. The number of nitrogens with two attached hydrogens (primary N) is 2. The number of unbranched alkanes of at least 4 members (excludes halogenated alkanes) is 29. The second kappa shape index (κ2) is 47.5. The molecule has 2 amide bonds. The Bertz CT molecular complexity index is 956. The SMILES string of the molecule is CCCCCCCCCCCCCCCCCC(=O)N(C(=O)CCCCCCCCCCCCCCCCC)[C@@H](CCC(=O)O)C(=O)O.NCCCC[C@H](N)C(=O)O.[NaH]. The summed E-state index contributed by atoms with van der Waals surface area (Å²) in [4.78, 5) is 60.6. The molecule has 11 nitrogen and oxygen atoms in total. The van der Waals surface area contributed by atoms with Crippen molar-refractivity contribution in [2.24, 2.45) is 11.5 Å². The van der Waals surface area contributed by atoms with Crippen LogP contribution in [0.3, 0.4) is 0 Å². The van der Waals surface area contributed by atoms with Crippen molar-refractivity contribution in [3.05, 3.63) is 0 Å². The van der Waals surface area contributed by atoms with Crippen molar-refractivity contribution in [2.75, 3.05) is 6.54 Å². The van der Waals surface area contributed by atoms with Crippen LogP contribution in [0.15, 0.2) is 0 Å². The Balaban J connectivity index is -0.00000250. The average molecular weight is 850 g/mol. The van der Waals surface area contributed by atoms with Gasteiger partial charge in [-0.2, -0.15) is 0 Å². The number of carboxylic acids is 3. The standard InChI is InChI=1S/C41H77NO6.C6H14N2O2.Na.H/c1-3-5-7-9-11-13-15-17-19-21-23-25-27-29-31-33-38(43)42(37(41(47)48)35-36-40(45)46)39(44)34-32-30-28-26-24-22-20-18-16-14-12-10-8-6-4-2;7-4-2-1-3-5(8)6(9)10;;/h37H,3-36H2,1-2H3,(H,45,46)(H,47,48);5H,1-4,7-8H2,(H,9,10);;/t37-;5-;;/m00../s1. The minimum atomic E-state index is -1.42. The van der Waals surface area contributed by atoms with Crippen LogP contribution in [0.25, 0.3) is 0 Å². The van der Waals surface area contributed by atoms with E-state index in [0.717, 1.165) is 56.3 Å². The third kappa shape index (κ3) is 42.9. The second-order valence-electron chi connectivity index (χ2n) is 16.6. The molecule has 0 heterocycles. The molecule has 12 heteroatoms. The summed E-state index contributed by atoms with van der Waals surface area (Å²) in [6.07, 6.45) is 38.1. The van der Waals surface area contributed by atoms with Crippen LogP contribution < -0.4 is 11.5 Å². The van der Waals surface area contributed by atoms with Crippen LogP contribution in [-0.4, -0.2) is 98.1 Å². The molecule has 2 atom stereocenters. The van der Waals surface area contributed by atoms with Crippen molar-refractivity contribution >= 4 is 59.3 Å².